The molecule has 0 nitrogen and oxygen atoms in total. The van der Waals surface area contributed by atoms with Crippen LogP contribution in [0.15, 0.2) is 36.4 Å². The zero-order chi connectivity index (χ0) is 9.26. The van der Waals surface area contributed by atoms with Gasteiger partial charge in [0.25, 0.3) is 0 Å². The summed E-state index contributed by atoms with van der Waals surface area (Å²) in [4.78, 5) is 0. The molecule has 0 radical (unpaired) electrons. The Bertz CT molecular complexity index is 432. The number of rotatable bonds is 1. The molecule has 0 N–H and O–H groups in total. The van der Waals surface area contributed by atoms with Crippen LogP contribution in [0.2, 0.25) is 0 Å². The van der Waals surface area contributed by atoms with Gasteiger partial charge in [-0.25, -0.2) is 0 Å². The molecule has 2 aromatic carbocycles. The van der Waals surface area contributed by atoms with E-state index in [0.717, 1.165) is 6.42 Å². The smallest absolute Gasteiger partial charge is 0 e. The van der Waals surface area contributed by atoms with Gasteiger partial charge in [0.2, 0.25) is 0 Å². The van der Waals surface area contributed by atoms with Crippen LogP contribution >= 0.6 is 0 Å². The zero-order valence-corrected chi connectivity index (χ0v) is 8.17. The average molecular weight is 172 g/mol. The maximum Gasteiger partial charge on any atom is 0 e. The third kappa shape index (κ3) is 1.44. The van der Waals surface area contributed by atoms with Crippen molar-refractivity contribution in [2.24, 2.45) is 0 Å². The van der Waals surface area contributed by atoms with Gasteiger partial charge in [-0.1, -0.05) is 48.9 Å². The van der Waals surface area contributed by atoms with Crippen LogP contribution in [-0.4, -0.2) is 0 Å². The summed E-state index contributed by atoms with van der Waals surface area (Å²) in [7, 11) is 0. The van der Waals surface area contributed by atoms with Crippen LogP contribution in [0, 0.1) is 6.92 Å². The molecule has 0 aromatic heterocycles. The van der Waals surface area contributed by atoms with E-state index in [4.69, 9.17) is 0 Å². The minimum absolute atomic E-state index is 0. The minimum atomic E-state index is 0. The Balaban J connectivity index is 0.000000980. The first kappa shape index (κ1) is 8.31. The van der Waals surface area contributed by atoms with E-state index in [0.29, 0.717) is 0 Å². The zero-order valence-electron chi connectivity index (χ0n) is 8.17. The summed E-state index contributed by atoms with van der Waals surface area (Å²) in [6.45, 7) is 4.37. The molecule has 68 valence electrons. The molecule has 0 amide bonds. The monoisotopic (exact) mass is 172 g/mol. The normalized spacial score (nSPS) is 10.6. The van der Waals surface area contributed by atoms with Gasteiger partial charge >= 0.3 is 0 Å². The van der Waals surface area contributed by atoms with E-state index in [2.05, 4.69) is 50.2 Å². The van der Waals surface area contributed by atoms with E-state index in [1.54, 1.807) is 0 Å². The molecule has 2 aromatic rings. The topological polar surface area (TPSA) is 0 Å². The molecule has 0 aliphatic rings. The van der Waals surface area contributed by atoms with Gasteiger partial charge in [-0.05, 0) is 29.7 Å². The fourth-order valence-electron chi connectivity index (χ4n) is 1.85. The standard InChI is InChI=1S/C13H14.H2/c1-3-11-8-10(2)9-12-6-4-5-7-13(11)12;/h4-9H,3H2,1-2H3;1H. The van der Waals surface area contributed by atoms with Crippen molar-refractivity contribution in [3.05, 3.63) is 47.5 Å². The van der Waals surface area contributed by atoms with Gasteiger partial charge < -0.3 is 0 Å². The first-order valence-corrected chi connectivity index (χ1v) is 4.79. The number of aryl methyl sites for hydroxylation is 2. The third-order valence-electron chi connectivity index (χ3n) is 2.47. The number of benzene rings is 2. The second-order valence-electron chi connectivity index (χ2n) is 3.50. The SMILES string of the molecule is CCc1cc(C)cc2ccccc12.[HH]. The van der Waals surface area contributed by atoms with Gasteiger partial charge in [-0.3, -0.25) is 0 Å². The van der Waals surface area contributed by atoms with E-state index in [1.165, 1.54) is 21.9 Å². The van der Waals surface area contributed by atoms with Gasteiger partial charge in [0.05, 0.1) is 0 Å². The van der Waals surface area contributed by atoms with E-state index in [1.807, 2.05) is 0 Å². The van der Waals surface area contributed by atoms with Crippen molar-refractivity contribution < 1.29 is 1.43 Å². The molecule has 0 heteroatoms. The Morgan fingerprint density at radius 2 is 1.92 bits per heavy atom. The fraction of sp³-hybridized carbons (Fsp3) is 0.231. The van der Waals surface area contributed by atoms with Gasteiger partial charge in [0, 0.05) is 1.43 Å². The molecule has 13 heavy (non-hydrogen) atoms. The largest absolute Gasteiger partial charge is 0.0616 e. The number of fused-ring (bicyclic) bond motifs is 1. The summed E-state index contributed by atoms with van der Waals surface area (Å²) in [6, 6.07) is 13.1. The second kappa shape index (κ2) is 3.21. The first-order valence-electron chi connectivity index (χ1n) is 4.79. The van der Waals surface area contributed by atoms with Crippen LogP contribution in [0.25, 0.3) is 10.8 Å². The van der Waals surface area contributed by atoms with E-state index in [-0.39, 0.29) is 1.43 Å². The van der Waals surface area contributed by atoms with E-state index >= 15 is 0 Å². The maximum absolute atomic E-state index is 2.28. The van der Waals surface area contributed by atoms with E-state index < -0.39 is 0 Å². The third-order valence-corrected chi connectivity index (χ3v) is 2.47. The van der Waals surface area contributed by atoms with Crippen molar-refractivity contribution in [1.29, 1.82) is 0 Å². The summed E-state index contributed by atoms with van der Waals surface area (Å²) < 4.78 is 0. The highest BCUT2D eigenvalue weighted by atomic mass is 14.0. The Morgan fingerprint density at radius 1 is 1.15 bits per heavy atom. The minimum Gasteiger partial charge on any atom is -0.0616 e. The summed E-state index contributed by atoms with van der Waals surface area (Å²) >= 11 is 0. The van der Waals surface area contributed by atoms with Crippen molar-refractivity contribution in [3.63, 3.8) is 0 Å². The predicted molar refractivity (Wildman–Crippen MR) is 60.2 cm³/mol. The van der Waals surface area contributed by atoms with Gasteiger partial charge in [0.15, 0.2) is 0 Å². The number of hydrogen-bond donors (Lipinski definition) is 0. The molecule has 0 atom stereocenters. The van der Waals surface area contributed by atoms with Crippen LogP contribution in [0.4, 0.5) is 0 Å². The quantitative estimate of drug-likeness (QED) is 0.611. The summed E-state index contributed by atoms with van der Waals surface area (Å²) in [5, 5.41) is 2.76. The second-order valence-corrected chi connectivity index (χ2v) is 3.50. The maximum atomic E-state index is 2.28. The van der Waals surface area contributed by atoms with Gasteiger partial charge in [-0.15, -0.1) is 0 Å². The first-order chi connectivity index (χ1) is 6.31. The van der Waals surface area contributed by atoms with Gasteiger partial charge in [0.1, 0.15) is 0 Å². The van der Waals surface area contributed by atoms with Gasteiger partial charge in [-0.2, -0.15) is 0 Å². The number of hydrogen-bond acceptors (Lipinski definition) is 0. The van der Waals surface area contributed by atoms with E-state index in [9.17, 15) is 0 Å². The van der Waals surface area contributed by atoms with Crippen LogP contribution in [0.3, 0.4) is 0 Å². The molecule has 0 unspecified atom stereocenters. The Labute approximate surface area is 80.7 Å². The fourth-order valence-corrected chi connectivity index (χ4v) is 1.85. The van der Waals surface area contributed by atoms with Crippen molar-refractivity contribution in [3.8, 4) is 0 Å². The predicted octanol–water partition coefficient (Wildman–Crippen LogP) is 3.96. The molecule has 0 heterocycles. The molecular weight excluding hydrogens is 156 g/mol. The lowest BCUT2D eigenvalue weighted by molar-refractivity contribution is 1.15. The average Bonchev–Trinajstić information content (AvgIpc) is 2.16. The summed E-state index contributed by atoms with van der Waals surface area (Å²) in [5.41, 5.74) is 2.81. The molecule has 0 fully saturated rings. The summed E-state index contributed by atoms with van der Waals surface area (Å²) in [5.74, 6) is 0. The molecular formula is C13H16. The molecule has 0 saturated heterocycles. The molecule has 0 bridgehead atoms. The molecule has 2 rings (SSSR count). The van der Waals surface area contributed by atoms with Crippen LogP contribution in [0.1, 0.15) is 19.5 Å². The molecule has 0 spiro atoms. The Morgan fingerprint density at radius 3 is 2.69 bits per heavy atom. The highest BCUT2D eigenvalue weighted by Gasteiger charge is 1.98. The molecule has 0 saturated carbocycles. The lowest BCUT2D eigenvalue weighted by Crippen LogP contribution is -1.85. The van der Waals surface area contributed by atoms with Crippen LogP contribution in [-0.2, 0) is 6.42 Å². The molecule has 0 aliphatic carbocycles. The Hall–Kier alpha value is -1.30. The highest BCUT2D eigenvalue weighted by molar-refractivity contribution is 5.86. The van der Waals surface area contributed by atoms with Crippen molar-refractivity contribution in [2.75, 3.05) is 0 Å². The highest BCUT2D eigenvalue weighted by Crippen LogP contribution is 2.20. The molecule has 0 aliphatic heterocycles. The van der Waals surface area contributed by atoms with Crippen LogP contribution in [0.5, 0.6) is 0 Å². The van der Waals surface area contributed by atoms with Crippen molar-refractivity contribution >= 4 is 10.8 Å². The van der Waals surface area contributed by atoms with Crippen molar-refractivity contribution in [2.45, 2.75) is 20.3 Å². The lowest BCUT2D eigenvalue weighted by atomic mass is 10.00. The lowest BCUT2D eigenvalue weighted by Gasteiger charge is -2.05. The van der Waals surface area contributed by atoms with Crippen molar-refractivity contribution in [1.82, 2.24) is 0 Å². The summed E-state index contributed by atoms with van der Waals surface area (Å²) in [6.07, 6.45) is 1.11. The van der Waals surface area contributed by atoms with Crippen LogP contribution < -0.4 is 0 Å². The Kier molecular flexibility index (Phi) is 2.05.